The maximum atomic E-state index is 10.6. The van der Waals surface area contributed by atoms with E-state index >= 15 is 0 Å². The van der Waals surface area contributed by atoms with Crippen molar-refractivity contribution in [2.24, 2.45) is 11.1 Å². The molecule has 33 heavy (non-hydrogen) atoms. The Morgan fingerprint density at radius 2 is 1.36 bits per heavy atom. The van der Waals surface area contributed by atoms with Crippen LogP contribution in [0.4, 0.5) is 26.3 Å². The molecule has 1 fully saturated rings. The topological polar surface area (TPSA) is 113 Å². The maximum absolute atomic E-state index is 10.6. The van der Waals surface area contributed by atoms with Gasteiger partial charge in [0.15, 0.2) is 0 Å². The average Bonchev–Trinajstić information content (AvgIpc) is 3.37. The monoisotopic (exact) mass is 488 g/mol. The summed E-state index contributed by atoms with van der Waals surface area (Å²) in [7, 11) is 0. The van der Waals surface area contributed by atoms with Gasteiger partial charge in [0, 0.05) is 11.6 Å². The van der Waals surface area contributed by atoms with Crippen molar-refractivity contribution in [2.45, 2.75) is 70.4 Å². The highest BCUT2D eigenvalue weighted by molar-refractivity contribution is 5.73. The molecule has 12 heteroatoms. The van der Waals surface area contributed by atoms with Crippen LogP contribution in [0.3, 0.4) is 0 Å². The molecule has 6 nitrogen and oxygen atoms in total. The van der Waals surface area contributed by atoms with Gasteiger partial charge in [-0.2, -0.15) is 26.3 Å². The van der Waals surface area contributed by atoms with Crippen LogP contribution in [0.2, 0.25) is 0 Å². The van der Waals surface area contributed by atoms with Crippen molar-refractivity contribution in [3.63, 3.8) is 0 Å². The molecular weight excluding hydrogens is 458 g/mol. The van der Waals surface area contributed by atoms with Gasteiger partial charge in [-0.05, 0) is 43.2 Å². The van der Waals surface area contributed by atoms with Gasteiger partial charge < -0.3 is 21.3 Å². The van der Waals surface area contributed by atoms with Crippen LogP contribution in [0.25, 0.3) is 0 Å². The van der Waals surface area contributed by atoms with E-state index in [1.165, 1.54) is 18.4 Å². The number of aliphatic carboxylic acids is 2. The fourth-order valence-corrected chi connectivity index (χ4v) is 2.51. The Hall–Kier alpha value is -2.34. The van der Waals surface area contributed by atoms with Crippen molar-refractivity contribution in [3.05, 3.63) is 35.9 Å². The highest BCUT2D eigenvalue weighted by Crippen LogP contribution is 2.35. The predicted octanol–water partition coefficient (Wildman–Crippen LogP) is 4.90. The molecule has 0 heterocycles. The van der Waals surface area contributed by atoms with Gasteiger partial charge >= 0.3 is 24.3 Å². The Labute approximate surface area is 188 Å². The molecule has 5 N–H and O–H groups in total. The molecule has 1 aromatic carbocycles. The summed E-state index contributed by atoms with van der Waals surface area (Å²) in [5.74, 6) is -5.51. The van der Waals surface area contributed by atoms with Crippen molar-refractivity contribution < 1.29 is 46.1 Å². The Morgan fingerprint density at radius 1 is 0.970 bits per heavy atom. The second-order valence-corrected chi connectivity index (χ2v) is 8.90. The van der Waals surface area contributed by atoms with Gasteiger partial charge in [0.2, 0.25) is 0 Å². The second kappa shape index (κ2) is 12.2. The van der Waals surface area contributed by atoms with Crippen LogP contribution < -0.4 is 11.1 Å². The number of nitrogens with one attached hydrogen (secondary N) is 1. The van der Waals surface area contributed by atoms with Crippen LogP contribution in [0.15, 0.2) is 30.3 Å². The lowest BCUT2D eigenvalue weighted by atomic mass is 9.85. The van der Waals surface area contributed by atoms with Gasteiger partial charge in [-0.3, -0.25) is 0 Å². The van der Waals surface area contributed by atoms with Gasteiger partial charge in [-0.1, -0.05) is 51.1 Å². The zero-order chi connectivity index (χ0) is 26.1. The largest absolute Gasteiger partial charge is 0.490 e. The molecule has 1 unspecified atom stereocenters. The van der Waals surface area contributed by atoms with Crippen LogP contribution in [0, 0.1) is 5.41 Å². The summed E-state index contributed by atoms with van der Waals surface area (Å²) in [6.45, 7) is 7.92. The normalized spacial score (nSPS) is 15.8. The average molecular weight is 488 g/mol. The van der Waals surface area contributed by atoms with E-state index in [1.54, 1.807) is 0 Å². The predicted molar refractivity (Wildman–Crippen MR) is 109 cm³/mol. The van der Waals surface area contributed by atoms with Crippen molar-refractivity contribution in [1.29, 1.82) is 0 Å². The summed E-state index contributed by atoms with van der Waals surface area (Å²) in [5.41, 5.74) is 8.02. The van der Waals surface area contributed by atoms with Gasteiger partial charge in [-0.15, -0.1) is 0 Å². The fraction of sp³-hybridized carbons (Fsp3) is 0.619. The number of rotatable bonds is 6. The summed E-state index contributed by atoms with van der Waals surface area (Å²) in [4.78, 5) is 17.8. The summed E-state index contributed by atoms with van der Waals surface area (Å²) < 4.78 is 63.5. The number of benzene rings is 1. The molecular formula is C21H30F6N2O4. The zero-order valence-corrected chi connectivity index (χ0v) is 18.6. The Morgan fingerprint density at radius 3 is 1.67 bits per heavy atom. The first-order valence-corrected chi connectivity index (χ1v) is 9.94. The first-order valence-electron chi connectivity index (χ1n) is 9.94. The summed E-state index contributed by atoms with van der Waals surface area (Å²) in [5, 5.41) is 18.0. The molecule has 1 aromatic rings. The number of carbonyl (C=O) groups is 2. The Kier molecular flexibility index (Phi) is 11.3. The number of hydrogen-bond donors (Lipinski definition) is 4. The molecule has 0 bridgehead atoms. The summed E-state index contributed by atoms with van der Waals surface area (Å²) in [6, 6.07) is 11.2. The summed E-state index contributed by atoms with van der Waals surface area (Å²) >= 11 is 0. The van der Waals surface area contributed by atoms with Crippen LogP contribution in [-0.2, 0) is 9.59 Å². The van der Waals surface area contributed by atoms with Crippen LogP contribution in [-0.4, -0.2) is 46.6 Å². The van der Waals surface area contributed by atoms with Crippen molar-refractivity contribution in [3.8, 4) is 0 Å². The molecule has 1 aliphatic rings. The van der Waals surface area contributed by atoms with Gasteiger partial charge in [0.25, 0.3) is 0 Å². The van der Waals surface area contributed by atoms with E-state index in [4.69, 9.17) is 25.5 Å². The number of halogens is 6. The van der Waals surface area contributed by atoms with Crippen molar-refractivity contribution in [2.75, 3.05) is 6.54 Å². The molecule has 0 aliphatic heterocycles. The first kappa shape index (κ1) is 30.7. The molecule has 0 radical (unpaired) electrons. The lowest BCUT2D eigenvalue weighted by Crippen LogP contribution is -2.32. The fourth-order valence-electron chi connectivity index (χ4n) is 2.51. The number of alkyl halides is 6. The molecule has 190 valence electrons. The quantitative estimate of drug-likeness (QED) is 0.424. The van der Waals surface area contributed by atoms with Crippen LogP contribution in [0.5, 0.6) is 0 Å². The van der Waals surface area contributed by atoms with E-state index in [0.29, 0.717) is 11.5 Å². The second-order valence-electron chi connectivity index (χ2n) is 8.90. The highest BCUT2D eigenvalue weighted by atomic mass is 19.4. The van der Waals surface area contributed by atoms with E-state index < -0.39 is 24.3 Å². The van der Waals surface area contributed by atoms with Gasteiger partial charge in [-0.25, -0.2) is 9.59 Å². The number of hydrogen-bond acceptors (Lipinski definition) is 4. The van der Waals surface area contributed by atoms with Crippen molar-refractivity contribution in [1.82, 2.24) is 5.32 Å². The smallest absolute Gasteiger partial charge is 0.475 e. The summed E-state index contributed by atoms with van der Waals surface area (Å²) in [6.07, 6.45) is -5.52. The standard InChI is InChI=1S/C17H28N2.2C2HF3O2/c1-16(2,3)13-15(14-7-5-4-6-8-14)19-12-11-17(18)9-10-17;2*3-2(4,5)1(6)7/h4-8,15,19H,9-13,18H2,1-3H3;2*(H,6,7). The minimum Gasteiger partial charge on any atom is -0.475 e. The molecule has 1 saturated carbocycles. The van der Waals surface area contributed by atoms with Crippen LogP contribution in [0.1, 0.15) is 58.1 Å². The molecule has 0 aromatic heterocycles. The van der Waals surface area contributed by atoms with E-state index in [1.807, 2.05) is 0 Å². The first-order chi connectivity index (χ1) is 14.8. The van der Waals surface area contributed by atoms with Crippen molar-refractivity contribution >= 4 is 11.9 Å². The molecule has 2 rings (SSSR count). The van der Waals surface area contributed by atoms with E-state index in [-0.39, 0.29) is 5.54 Å². The molecule has 0 saturated heterocycles. The van der Waals surface area contributed by atoms with E-state index in [0.717, 1.165) is 19.4 Å². The van der Waals surface area contributed by atoms with Gasteiger partial charge in [0.05, 0.1) is 0 Å². The number of carboxylic acids is 2. The highest BCUT2D eigenvalue weighted by Gasteiger charge is 2.39. The maximum Gasteiger partial charge on any atom is 0.490 e. The molecule has 0 spiro atoms. The Bertz CT molecular complexity index is 718. The van der Waals surface area contributed by atoms with Crippen LogP contribution >= 0.6 is 0 Å². The van der Waals surface area contributed by atoms with E-state index in [2.05, 4.69) is 56.4 Å². The number of carboxylic acid groups (broad SMARTS) is 2. The third-order valence-corrected chi connectivity index (χ3v) is 4.41. The lowest BCUT2D eigenvalue weighted by molar-refractivity contribution is -0.193. The minimum atomic E-state index is -5.08. The molecule has 1 aliphatic carbocycles. The van der Waals surface area contributed by atoms with Gasteiger partial charge in [0.1, 0.15) is 0 Å². The SMILES string of the molecule is CC(C)(C)CC(NCCC1(N)CC1)c1ccccc1.O=C(O)C(F)(F)F.O=C(O)C(F)(F)F. The minimum absolute atomic E-state index is 0.149. The third-order valence-electron chi connectivity index (χ3n) is 4.41. The Balaban J connectivity index is 0.000000605. The third kappa shape index (κ3) is 15.2. The zero-order valence-electron chi connectivity index (χ0n) is 18.6. The molecule has 0 amide bonds. The lowest BCUT2D eigenvalue weighted by Gasteiger charge is -2.28. The molecule has 1 atom stereocenters. The number of nitrogens with two attached hydrogens (primary N) is 1. The van der Waals surface area contributed by atoms with E-state index in [9.17, 15) is 26.3 Å².